The summed E-state index contributed by atoms with van der Waals surface area (Å²) in [5, 5.41) is 7.96. The van der Waals surface area contributed by atoms with E-state index < -0.39 is 9.75 Å². The summed E-state index contributed by atoms with van der Waals surface area (Å²) in [6.07, 6.45) is 3.67. The van der Waals surface area contributed by atoms with E-state index in [1.165, 1.54) is 0 Å². The van der Waals surface area contributed by atoms with Crippen molar-refractivity contribution in [1.29, 1.82) is 0 Å². The largest absolute Gasteiger partial charge is 0.272 e. The van der Waals surface area contributed by atoms with E-state index in [0.717, 1.165) is 11.3 Å². The monoisotopic (exact) mass is 288 g/mol. The van der Waals surface area contributed by atoms with Gasteiger partial charge in [0.15, 0.2) is 0 Å². The Morgan fingerprint density at radius 1 is 1.67 bits per heavy atom. The van der Waals surface area contributed by atoms with E-state index in [-0.39, 0.29) is 5.91 Å². The second-order valence-corrected chi connectivity index (χ2v) is 6.21. The zero-order valence-corrected chi connectivity index (χ0v) is 11.9. The lowest BCUT2D eigenvalue weighted by atomic mass is 10.1. The third kappa shape index (κ3) is 2.12. The van der Waals surface area contributed by atoms with E-state index in [1.54, 1.807) is 24.0 Å². The average molecular weight is 289 g/mol. The number of alkyl halides is 2. The minimum atomic E-state index is -0.975. The Bertz CT molecular complexity index is 523. The fourth-order valence-corrected chi connectivity index (χ4v) is 2.28. The zero-order chi connectivity index (χ0) is 13.6. The standard InChI is InChI=1S/C11H14Cl2N4O/c1-7-8(5-15-17(7)3)4-14-16-9(18)10(2)6-11(10,12)13/h4-5H,6H2,1-3H3,(H,16,18)/b14-4-. The van der Waals surface area contributed by atoms with Gasteiger partial charge in [0.2, 0.25) is 5.91 Å². The van der Waals surface area contributed by atoms with Crippen molar-refractivity contribution in [1.82, 2.24) is 15.2 Å². The first kappa shape index (κ1) is 13.4. The minimum Gasteiger partial charge on any atom is -0.272 e. The first-order valence-corrected chi connectivity index (χ1v) is 6.23. The predicted molar refractivity (Wildman–Crippen MR) is 70.8 cm³/mol. The van der Waals surface area contributed by atoms with Gasteiger partial charge in [0, 0.05) is 18.3 Å². The van der Waals surface area contributed by atoms with Gasteiger partial charge in [-0.25, -0.2) is 5.43 Å². The normalized spacial score (nSPS) is 25.4. The number of amides is 1. The number of nitrogens with one attached hydrogen (secondary N) is 1. The summed E-state index contributed by atoms with van der Waals surface area (Å²) in [5.41, 5.74) is 3.51. The van der Waals surface area contributed by atoms with Gasteiger partial charge >= 0.3 is 0 Å². The lowest BCUT2D eigenvalue weighted by molar-refractivity contribution is -0.125. The molecule has 0 spiro atoms. The highest BCUT2D eigenvalue weighted by atomic mass is 35.5. The molecule has 2 rings (SSSR count). The number of aromatic nitrogens is 2. The summed E-state index contributed by atoms with van der Waals surface area (Å²) in [7, 11) is 1.84. The summed E-state index contributed by atoms with van der Waals surface area (Å²) in [5.74, 6) is -0.273. The number of halogens is 2. The lowest BCUT2D eigenvalue weighted by Gasteiger charge is -2.08. The van der Waals surface area contributed by atoms with Gasteiger partial charge in [-0.15, -0.1) is 23.2 Å². The molecule has 7 heteroatoms. The summed E-state index contributed by atoms with van der Waals surface area (Å²) >= 11 is 11.8. The van der Waals surface area contributed by atoms with Gasteiger partial charge in [0.05, 0.1) is 17.8 Å². The van der Waals surface area contributed by atoms with Crippen molar-refractivity contribution in [2.45, 2.75) is 24.6 Å². The van der Waals surface area contributed by atoms with Crippen molar-refractivity contribution in [2.75, 3.05) is 0 Å². The molecule has 0 bridgehead atoms. The van der Waals surface area contributed by atoms with Crippen LogP contribution in [0.25, 0.3) is 0 Å². The van der Waals surface area contributed by atoms with Crippen LogP contribution in [0.5, 0.6) is 0 Å². The number of rotatable bonds is 3. The van der Waals surface area contributed by atoms with Crippen LogP contribution in [0.3, 0.4) is 0 Å². The molecule has 1 saturated carbocycles. The highest BCUT2D eigenvalue weighted by molar-refractivity contribution is 6.53. The van der Waals surface area contributed by atoms with Crippen LogP contribution in [-0.4, -0.2) is 26.2 Å². The first-order valence-electron chi connectivity index (χ1n) is 5.48. The molecule has 5 nitrogen and oxygen atoms in total. The third-order valence-electron chi connectivity index (χ3n) is 3.40. The van der Waals surface area contributed by atoms with Gasteiger partial charge in [0.25, 0.3) is 0 Å². The van der Waals surface area contributed by atoms with Crippen molar-refractivity contribution < 1.29 is 4.79 Å². The van der Waals surface area contributed by atoms with Gasteiger partial charge < -0.3 is 0 Å². The molecule has 1 amide bonds. The molecular weight excluding hydrogens is 275 g/mol. The van der Waals surface area contributed by atoms with Crippen LogP contribution in [0, 0.1) is 12.3 Å². The van der Waals surface area contributed by atoms with Crippen LogP contribution in [0.2, 0.25) is 0 Å². The molecule has 1 fully saturated rings. The van der Waals surface area contributed by atoms with Gasteiger partial charge in [-0.2, -0.15) is 10.2 Å². The molecular formula is C11H14Cl2N4O. The summed E-state index contributed by atoms with van der Waals surface area (Å²) in [6, 6.07) is 0. The second kappa shape index (κ2) is 4.24. The van der Waals surface area contributed by atoms with Crippen molar-refractivity contribution in [2.24, 2.45) is 17.6 Å². The van der Waals surface area contributed by atoms with Crippen LogP contribution >= 0.6 is 23.2 Å². The molecule has 0 saturated heterocycles. The van der Waals surface area contributed by atoms with Crippen molar-refractivity contribution >= 4 is 35.3 Å². The molecule has 0 aliphatic heterocycles. The van der Waals surface area contributed by atoms with Crippen LogP contribution in [0.4, 0.5) is 0 Å². The molecule has 1 aliphatic rings. The Morgan fingerprint density at radius 2 is 2.28 bits per heavy atom. The van der Waals surface area contributed by atoms with Crippen molar-refractivity contribution in [3.8, 4) is 0 Å². The van der Waals surface area contributed by atoms with Crippen LogP contribution in [-0.2, 0) is 11.8 Å². The average Bonchev–Trinajstić information content (AvgIpc) is 2.66. The van der Waals surface area contributed by atoms with Crippen molar-refractivity contribution in [3.05, 3.63) is 17.5 Å². The van der Waals surface area contributed by atoms with E-state index in [0.29, 0.717) is 6.42 Å². The molecule has 18 heavy (non-hydrogen) atoms. The maximum Gasteiger partial charge on any atom is 0.249 e. The van der Waals surface area contributed by atoms with Gasteiger partial charge in [-0.1, -0.05) is 0 Å². The Kier molecular flexibility index (Phi) is 3.15. The molecule has 0 aromatic carbocycles. The van der Waals surface area contributed by atoms with Gasteiger partial charge in [0.1, 0.15) is 4.33 Å². The van der Waals surface area contributed by atoms with Crippen LogP contribution < -0.4 is 5.43 Å². The molecule has 98 valence electrons. The smallest absolute Gasteiger partial charge is 0.249 e. The highest BCUT2D eigenvalue weighted by Crippen LogP contribution is 2.63. The molecule has 1 N–H and O–H groups in total. The molecule has 1 aromatic heterocycles. The zero-order valence-electron chi connectivity index (χ0n) is 10.4. The van der Waals surface area contributed by atoms with E-state index in [2.05, 4.69) is 15.6 Å². The van der Waals surface area contributed by atoms with E-state index in [9.17, 15) is 4.79 Å². The second-order valence-electron chi connectivity index (χ2n) is 4.72. The Hall–Kier alpha value is -1.07. The summed E-state index contributed by atoms with van der Waals surface area (Å²) in [4.78, 5) is 11.8. The Labute approximate surface area is 115 Å². The number of hydrazone groups is 1. The number of aryl methyl sites for hydroxylation is 1. The van der Waals surface area contributed by atoms with Gasteiger partial charge in [-0.05, 0) is 20.3 Å². The number of nitrogens with zero attached hydrogens (tertiary/aromatic N) is 3. The van der Waals surface area contributed by atoms with E-state index in [4.69, 9.17) is 23.2 Å². The van der Waals surface area contributed by atoms with Crippen LogP contribution in [0.1, 0.15) is 24.6 Å². The molecule has 1 unspecified atom stereocenters. The molecule has 1 atom stereocenters. The summed E-state index contributed by atoms with van der Waals surface area (Å²) < 4.78 is 0.755. The molecule has 1 aliphatic carbocycles. The van der Waals surface area contributed by atoms with E-state index in [1.807, 2.05) is 14.0 Å². The fourth-order valence-electron chi connectivity index (χ4n) is 1.57. The third-order valence-corrected chi connectivity index (χ3v) is 4.50. The fraction of sp³-hybridized carbons (Fsp3) is 0.545. The highest BCUT2D eigenvalue weighted by Gasteiger charge is 2.68. The molecule has 1 heterocycles. The maximum atomic E-state index is 11.8. The molecule has 1 aromatic rings. The maximum absolute atomic E-state index is 11.8. The topological polar surface area (TPSA) is 59.3 Å². The first-order chi connectivity index (χ1) is 8.28. The lowest BCUT2D eigenvalue weighted by Crippen LogP contribution is -2.29. The van der Waals surface area contributed by atoms with Crippen molar-refractivity contribution in [3.63, 3.8) is 0 Å². The number of hydrogen-bond donors (Lipinski definition) is 1. The van der Waals surface area contributed by atoms with E-state index >= 15 is 0 Å². The summed E-state index contributed by atoms with van der Waals surface area (Å²) in [6.45, 7) is 3.63. The number of carbonyl (C=O) groups is 1. The number of hydrogen-bond acceptors (Lipinski definition) is 3. The van der Waals surface area contributed by atoms with Gasteiger partial charge in [-0.3, -0.25) is 9.48 Å². The SMILES string of the molecule is Cc1c(/C=N\NC(=O)C2(C)CC2(Cl)Cl)cnn1C. The number of carbonyl (C=O) groups excluding carboxylic acids is 1. The van der Waals surface area contributed by atoms with Crippen LogP contribution in [0.15, 0.2) is 11.3 Å². The molecule has 0 radical (unpaired) electrons. The Morgan fingerprint density at radius 3 is 2.72 bits per heavy atom. The predicted octanol–water partition coefficient (Wildman–Crippen LogP) is 1.76. The quantitative estimate of drug-likeness (QED) is 0.523. The Balaban J connectivity index is 1.97. The minimum absolute atomic E-state index is 0.273.